The van der Waals surface area contributed by atoms with E-state index in [1.807, 2.05) is 12.1 Å². The highest BCUT2D eigenvalue weighted by Gasteiger charge is 2.36. The van der Waals surface area contributed by atoms with E-state index in [2.05, 4.69) is 25.6 Å². The van der Waals surface area contributed by atoms with Crippen molar-refractivity contribution in [3.8, 4) is 16.9 Å². The summed E-state index contributed by atoms with van der Waals surface area (Å²) in [7, 11) is 0. The van der Waals surface area contributed by atoms with E-state index in [9.17, 15) is 8.78 Å². The van der Waals surface area contributed by atoms with Crippen molar-refractivity contribution in [2.24, 2.45) is 11.8 Å². The van der Waals surface area contributed by atoms with Crippen LogP contribution in [0.5, 0.6) is 5.75 Å². The molecule has 2 aromatic carbocycles. The molecule has 0 N–H and O–H groups in total. The van der Waals surface area contributed by atoms with Gasteiger partial charge in [-0.3, -0.25) is 0 Å². The lowest BCUT2D eigenvalue weighted by molar-refractivity contribution is -0.00955. The van der Waals surface area contributed by atoms with Gasteiger partial charge in [-0.2, -0.15) is 0 Å². The maximum absolute atomic E-state index is 14.3. The Hall–Kier alpha value is -2.20. The van der Waals surface area contributed by atoms with Crippen molar-refractivity contribution in [3.63, 3.8) is 0 Å². The molecule has 2 aliphatic rings. The molecule has 4 heteroatoms. The largest absolute Gasteiger partial charge is 0.483 e. The van der Waals surface area contributed by atoms with Crippen molar-refractivity contribution in [1.29, 1.82) is 0 Å². The predicted molar refractivity (Wildman–Crippen MR) is 120 cm³/mol. The molecule has 0 saturated heterocycles. The molecule has 2 aromatic rings. The second-order valence-electron chi connectivity index (χ2n) is 8.91. The Labute approximate surface area is 184 Å². The first-order valence-electron chi connectivity index (χ1n) is 11.5. The minimum atomic E-state index is -0.693. The summed E-state index contributed by atoms with van der Waals surface area (Å²) in [5, 5.41) is 0. The summed E-state index contributed by atoms with van der Waals surface area (Å²) in [6, 6.07) is 10.9. The van der Waals surface area contributed by atoms with Gasteiger partial charge in [0.05, 0.1) is 6.10 Å². The third-order valence-corrected chi connectivity index (χ3v) is 7.03. The lowest BCUT2D eigenvalue weighted by atomic mass is 9.65. The molecule has 0 aromatic heterocycles. The molecule has 0 amide bonds. The summed E-state index contributed by atoms with van der Waals surface area (Å²) in [6.07, 6.45) is 9.30. The Bertz CT molecular complexity index is 870. The lowest BCUT2D eigenvalue weighted by Crippen LogP contribution is -2.33. The summed E-state index contributed by atoms with van der Waals surface area (Å²) >= 11 is 0. The number of hydrogen-bond donors (Lipinski definition) is 0. The molecule has 166 valence electrons. The first-order chi connectivity index (χ1) is 15.1. The maximum atomic E-state index is 14.3. The van der Waals surface area contributed by atoms with E-state index >= 15 is 0 Å². The number of rotatable bonds is 7. The van der Waals surface area contributed by atoms with Crippen LogP contribution in [-0.4, -0.2) is 19.3 Å². The molecule has 0 aliphatic heterocycles. The Morgan fingerprint density at radius 2 is 1.61 bits per heavy atom. The minimum absolute atomic E-state index is 0.0669. The van der Waals surface area contributed by atoms with Crippen molar-refractivity contribution in [1.82, 2.24) is 0 Å². The smallest absolute Gasteiger partial charge is 0.191 e. The Morgan fingerprint density at radius 3 is 2.29 bits per heavy atom. The summed E-state index contributed by atoms with van der Waals surface area (Å²) in [5.41, 5.74) is 2.66. The average Bonchev–Trinajstić information content (AvgIpc) is 2.78. The Kier molecular flexibility index (Phi) is 7.06. The quantitative estimate of drug-likeness (QED) is 0.433. The Morgan fingerprint density at radius 1 is 0.935 bits per heavy atom. The molecule has 31 heavy (non-hydrogen) atoms. The van der Waals surface area contributed by atoms with Gasteiger partial charge in [0.2, 0.25) is 0 Å². The van der Waals surface area contributed by atoms with E-state index < -0.39 is 11.6 Å². The predicted octanol–water partition coefficient (Wildman–Crippen LogP) is 7.29. The van der Waals surface area contributed by atoms with Gasteiger partial charge >= 0.3 is 0 Å². The number of benzene rings is 2. The fraction of sp³-hybridized carbons (Fsp3) is 0.481. The van der Waals surface area contributed by atoms with Crippen molar-refractivity contribution >= 4 is 0 Å². The van der Waals surface area contributed by atoms with E-state index in [0.717, 1.165) is 24.0 Å². The summed E-state index contributed by atoms with van der Waals surface area (Å²) in [4.78, 5) is 0. The molecule has 4 rings (SSSR count). The van der Waals surface area contributed by atoms with E-state index in [1.54, 1.807) is 0 Å². The highest BCUT2D eigenvalue weighted by molar-refractivity contribution is 5.65. The van der Waals surface area contributed by atoms with Crippen LogP contribution in [0.4, 0.5) is 8.78 Å². The van der Waals surface area contributed by atoms with E-state index in [0.29, 0.717) is 17.6 Å². The van der Waals surface area contributed by atoms with Gasteiger partial charge in [0.1, 0.15) is 6.61 Å². The van der Waals surface area contributed by atoms with Crippen LogP contribution in [0.25, 0.3) is 11.1 Å². The molecule has 4 atom stereocenters. The van der Waals surface area contributed by atoms with Gasteiger partial charge < -0.3 is 9.47 Å². The number of hydrogen-bond acceptors (Lipinski definition) is 2. The SMILES string of the molecule is C=CCOc1c(F)cc(-c2ccc(C3CCC4CC(OCC)CCC4C3)cc2)cc1F. The van der Waals surface area contributed by atoms with Gasteiger partial charge in [0.15, 0.2) is 17.4 Å². The lowest BCUT2D eigenvalue weighted by Gasteiger charge is -2.42. The molecular formula is C27H32F2O2. The molecule has 2 nitrogen and oxygen atoms in total. The number of fused-ring (bicyclic) bond motifs is 1. The molecule has 0 heterocycles. The van der Waals surface area contributed by atoms with Crippen molar-refractivity contribution in [2.45, 2.75) is 57.5 Å². The van der Waals surface area contributed by atoms with Crippen LogP contribution in [0.15, 0.2) is 49.1 Å². The van der Waals surface area contributed by atoms with Crippen LogP contribution >= 0.6 is 0 Å². The zero-order valence-electron chi connectivity index (χ0n) is 18.3. The highest BCUT2D eigenvalue weighted by atomic mass is 19.1. The van der Waals surface area contributed by atoms with E-state index in [4.69, 9.17) is 9.47 Å². The van der Waals surface area contributed by atoms with Gasteiger partial charge in [0, 0.05) is 6.61 Å². The monoisotopic (exact) mass is 426 g/mol. The average molecular weight is 427 g/mol. The third kappa shape index (κ3) is 5.01. The van der Waals surface area contributed by atoms with Crippen LogP contribution in [0.1, 0.15) is 56.9 Å². The Balaban J connectivity index is 1.43. The van der Waals surface area contributed by atoms with E-state index in [1.165, 1.54) is 62.3 Å². The van der Waals surface area contributed by atoms with E-state index in [-0.39, 0.29) is 12.4 Å². The molecular weight excluding hydrogens is 394 g/mol. The van der Waals surface area contributed by atoms with Crippen LogP contribution < -0.4 is 4.74 Å². The fourth-order valence-corrected chi connectivity index (χ4v) is 5.49. The second-order valence-corrected chi connectivity index (χ2v) is 8.91. The van der Waals surface area contributed by atoms with Crippen LogP contribution in [0.3, 0.4) is 0 Å². The summed E-state index contributed by atoms with van der Waals surface area (Å²) < 4.78 is 39.6. The topological polar surface area (TPSA) is 18.5 Å². The third-order valence-electron chi connectivity index (χ3n) is 7.03. The number of halogens is 2. The van der Waals surface area contributed by atoms with Crippen LogP contribution in [0, 0.1) is 23.5 Å². The molecule has 2 fully saturated rings. The van der Waals surface area contributed by atoms with Crippen LogP contribution in [-0.2, 0) is 4.74 Å². The molecule has 2 saturated carbocycles. The number of ether oxygens (including phenoxy) is 2. The fourth-order valence-electron chi connectivity index (χ4n) is 5.49. The van der Waals surface area contributed by atoms with Gasteiger partial charge in [-0.25, -0.2) is 8.78 Å². The van der Waals surface area contributed by atoms with Gasteiger partial charge in [-0.15, -0.1) is 0 Å². The molecule has 0 radical (unpaired) electrons. The second kappa shape index (κ2) is 9.95. The molecule has 0 spiro atoms. The molecule has 0 bridgehead atoms. The first kappa shape index (κ1) is 22.0. The summed E-state index contributed by atoms with van der Waals surface area (Å²) in [5.74, 6) is 0.428. The van der Waals surface area contributed by atoms with Crippen molar-refractivity contribution in [2.75, 3.05) is 13.2 Å². The first-order valence-corrected chi connectivity index (χ1v) is 11.5. The van der Waals surface area contributed by atoms with Crippen molar-refractivity contribution in [3.05, 3.63) is 66.3 Å². The van der Waals surface area contributed by atoms with Gasteiger partial charge in [0.25, 0.3) is 0 Å². The van der Waals surface area contributed by atoms with Crippen LogP contribution in [0.2, 0.25) is 0 Å². The molecule has 2 aliphatic carbocycles. The normalized spacial score (nSPS) is 25.6. The molecule has 4 unspecified atom stereocenters. The zero-order chi connectivity index (χ0) is 21.8. The van der Waals surface area contributed by atoms with Crippen molar-refractivity contribution < 1.29 is 18.3 Å². The maximum Gasteiger partial charge on any atom is 0.191 e. The summed E-state index contributed by atoms with van der Waals surface area (Å²) in [6.45, 7) is 6.47. The minimum Gasteiger partial charge on any atom is -0.483 e. The standard InChI is InChI=1S/C27H32F2O2/c1-3-13-31-27-25(28)16-23(17-26(27)29)19-7-5-18(6-8-19)20-9-10-22-15-24(30-4-2)12-11-21(22)14-20/h3,5-8,16-17,20-22,24H,1,4,9-15H2,2H3. The van der Waals surface area contributed by atoms with Gasteiger partial charge in [-0.05, 0) is 92.0 Å². The highest BCUT2D eigenvalue weighted by Crippen LogP contribution is 2.46. The zero-order valence-corrected chi connectivity index (χ0v) is 18.3. The van der Waals surface area contributed by atoms with Gasteiger partial charge in [-0.1, -0.05) is 36.9 Å².